The predicted molar refractivity (Wildman–Crippen MR) is 110 cm³/mol. The van der Waals surface area contributed by atoms with Crippen LogP contribution in [-0.4, -0.2) is 27.5 Å². The van der Waals surface area contributed by atoms with Crippen molar-refractivity contribution >= 4 is 11.7 Å². The van der Waals surface area contributed by atoms with Gasteiger partial charge in [0.2, 0.25) is 12.7 Å². The third-order valence-electron chi connectivity index (χ3n) is 4.69. The number of benzene rings is 1. The summed E-state index contributed by atoms with van der Waals surface area (Å²) in [5, 5.41) is 7.66. The molecule has 29 heavy (non-hydrogen) atoms. The van der Waals surface area contributed by atoms with Gasteiger partial charge in [0.05, 0.1) is 5.69 Å². The maximum atomic E-state index is 12.6. The molecule has 3 aromatic rings. The zero-order valence-electron chi connectivity index (χ0n) is 16.8. The van der Waals surface area contributed by atoms with Crippen LogP contribution in [0.1, 0.15) is 38.4 Å². The first-order valence-electron chi connectivity index (χ1n) is 9.60. The minimum atomic E-state index is -0.147. The lowest BCUT2D eigenvalue weighted by atomic mass is 9.92. The number of hydrogen-bond donors (Lipinski definition) is 1. The fourth-order valence-electron chi connectivity index (χ4n) is 3.05. The van der Waals surface area contributed by atoms with Crippen molar-refractivity contribution in [1.82, 2.24) is 14.8 Å². The molecule has 1 amide bonds. The van der Waals surface area contributed by atoms with Gasteiger partial charge in [-0.15, -0.1) is 0 Å². The van der Waals surface area contributed by atoms with Gasteiger partial charge >= 0.3 is 0 Å². The molecule has 0 radical (unpaired) electrons. The molecule has 3 heterocycles. The zero-order valence-corrected chi connectivity index (χ0v) is 16.8. The molecular weight excluding hydrogens is 368 g/mol. The third-order valence-corrected chi connectivity index (χ3v) is 4.69. The van der Waals surface area contributed by atoms with Gasteiger partial charge < -0.3 is 14.8 Å². The molecule has 150 valence electrons. The van der Waals surface area contributed by atoms with Gasteiger partial charge in [-0.25, -0.2) is 4.98 Å². The number of amides is 1. The quantitative estimate of drug-likeness (QED) is 0.713. The van der Waals surface area contributed by atoms with Gasteiger partial charge in [-0.3, -0.25) is 4.79 Å². The molecule has 0 aliphatic carbocycles. The highest BCUT2D eigenvalue weighted by atomic mass is 16.7. The van der Waals surface area contributed by atoms with Crippen LogP contribution in [0, 0.1) is 0 Å². The van der Waals surface area contributed by atoms with Gasteiger partial charge in [-0.2, -0.15) is 9.78 Å². The first-order valence-corrected chi connectivity index (χ1v) is 9.60. The average molecular weight is 392 g/mol. The molecule has 0 bridgehead atoms. The van der Waals surface area contributed by atoms with Crippen LogP contribution in [0.4, 0.5) is 5.82 Å². The highest BCUT2D eigenvalue weighted by Gasteiger charge is 2.22. The van der Waals surface area contributed by atoms with E-state index in [4.69, 9.17) is 9.47 Å². The topological polar surface area (TPSA) is 78.3 Å². The van der Waals surface area contributed by atoms with E-state index < -0.39 is 0 Å². The smallest absolute Gasteiger partial charge is 0.231 e. The summed E-state index contributed by atoms with van der Waals surface area (Å²) in [4.78, 5) is 17.0. The van der Waals surface area contributed by atoms with Crippen LogP contribution in [0.25, 0.3) is 5.82 Å². The van der Waals surface area contributed by atoms with Crippen LogP contribution in [-0.2, 0) is 16.6 Å². The van der Waals surface area contributed by atoms with E-state index in [0.717, 1.165) is 22.8 Å². The molecule has 4 rings (SSSR count). The lowest BCUT2D eigenvalue weighted by Gasteiger charge is -2.13. The summed E-state index contributed by atoms with van der Waals surface area (Å²) >= 11 is 0. The van der Waals surface area contributed by atoms with E-state index in [1.54, 1.807) is 10.9 Å². The van der Waals surface area contributed by atoms with Crippen molar-refractivity contribution < 1.29 is 14.3 Å². The molecule has 7 heteroatoms. The molecule has 7 nitrogen and oxygen atoms in total. The van der Waals surface area contributed by atoms with Crippen molar-refractivity contribution in [2.45, 2.75) is 39.0 Å². The SMILES string of the molecule is CC(C)(C)c1cc(NC(=O)CCc2ccc3c(c2)OCO3)n(-c2ccccn2)n1. The molecule has 1 aromatic carbocycles. The minimum Gasteiger partial charge on any atom is -0.454 e. The molecule has 0 saturated carbocycles. The Morgan fingerprint density at radius 3 is 2.72 bits per heavy atom. The van der Waals surface area contributed by atoms with Crippen molar-refractivity contribution in [2.24, 2.45) is 0 Å². The summed E-state index contributed by atoms with van der Waals surface area (Å²) in [5.41, 5.74) is 1.76. The lowest BCUT2D eigenvalue weighted by Crippen LogP contribution is -2.16. The maximum Gasteiger partial charge on any atom is 0.231 e. The van der Waals surface area contributed by atoms with E-state index in [9.17, 15) is 4.79 Å². The number of carbonyl (C=O) groups is 1. The molecule has 0 spiro atoms. The van der Waals surface area contributed by atoms with Crippen LogP contribution in [0.15, 0.2) is 48.7 Å². The number of fused-ring (bicyclic) bond motifs is 1. The molecule has 1 N–H and O–H groups in total. The van der Waals surface area contributed by atoms with Crippen molar-refractivity contribution in [1.29, 1.82) is 0 Å². The Morgan fingerprint density at radius 2 is 1.97 bits per heavy atom. The van der Waals surface area contributed by atoms with E-state index in [1.807, 2.05) is 42.5 Å². The summed E-state index contributed by atoms with van der Waals surface area (Å²) in [6.45, 7) is 6.50. The highest BCUT2D eigenvalue weighted by Crippen LogP contribution is 2.33. The van der Waals surface area contributed by atoms with Crippen molar-refractivity contribution in [2.75, 3.05) is 12.1 Å². The van der Waals surface area contributed by atoms with Crippen molar-refractivity contribution in [3.05, 3.63) is 59.9 Å². The van der Waals surface area contributed by atoms with Crippen LogP contribution in [0.3, 0.4) is 0 Å². The molecule has 2 aromatic heterocycles. The third kappa shape index (κ3) is 4.23. The Kier molecular flexibility index (Phi) is 4.96. The number of ether oxygens (including phenoxy) is 2. The van der Waals surface area contributed by atoms with Gasteiger partial charge in [0.15, 0.2) is 17.3 Å². The number of anilines is 1. The number of hydrogen-bond acceptors (Lipinski definition) is 5. The molecular formula is C22H24N4O3. The molecule has 1 aliphatic rings. The molecule has 1 aliphatic heterocycles. The zero-order chi connectivity index (χ0) is 20.4. The Hall–Kier alpha value is -3.35. The summed E-state index contributed by atoms with van der Waals surface area (Å²) in [5.74, 6) is 2.66. The number of carbonyl (C=O) groups excluding carboxylic acids is 1. The summed E-state index contributed by atoms with van der Waals surface area (Å²) in [6, 6.07) is 13.3. The van der Waals surface area contributed by atoms with E-state index >= 15 is 0 Å². The Bertz CT molecular complexity index is 1020. The molecule has 0 fully saturated rings. The second-order valence-corrected chi connectivity index (χ2v) is 8.00. The second-order valence-electron chi connectivity index (χ2n) is 8.00. The number of aryl methyl sites for hydroxylation is 1. The van der Waals surface area contributed by atoms with Crippen LogP contribution in [0.2, 0.25) is 0 Å². The number of pyridine rings is 1. The lowest BCUT2D eigenvalue weighted by molar-refractivity contribution is -0.116. The van der Waals surface area contributed by atoms with Gasteiger partial charge in [0.1, 0.15) is 5.82 Å². The normalized spacial score (nSPS) is 12.8. The minimum absolute atomic E-state index is 0.0831. The summed E-state index contributed by atoms with van der Waals surface area (Å²) in [6.07, 6.45) is 2.66. The number of nitrogens with zero attached hydrogens (tertiary/aromatic N) is 3. The number of aromatic nitrogens is 3. The second kappa shape index (κ2) is 7.58. The van der Waals surface area contributed by atoms with Gasteiger partial charge in [0, 0.05) is 24.1 Å². The maximum absolute atomic E-state index is 12.6. The van der Waals surface area contributed by atoms with Crippen molar-refractivity contribution in [3.8, 4) is 17.3 Å². The molecule has 0 unspecified atom stereocenters. The highest BCUT2D eigenvalue weighted by molar-refractivity contribution is 5.90. The summed E-state index contributed by atoms with van der Waals surface area (Å²) < 4.78 is 12.4. The predicted octanol–water partition coefficient (Wildman–Crippen LogP) is 3.86. The average Bonchev–Trinajstić information content (AvgIpc) is 3.33. The fraction of sp³-hybridized carbons (Fsp3) is 0.318. The largest absolute Gasteiger partial charge is 0.454 e. The first-order chi connectivity index (χ1) is 13.9. The Morgan fingerprint density at radius 1 is 1.14 bits per heavy atom. The van der Waals surface area contributed by atoms with E-state index in [0.29, 0.717) is 24.5 Å². The number of rotatable bonds is 5. The van der Waals surface area contributed by atoms with Crippen LogP contribution >= 0.6 is 0 Å². The Labute approximate surface area is 169 Å². The van der Waals surface area contributed by atoms with Crippen LogP contribution in [0.5, 0.6) is 11.5 Å². The van der Waals surface area contributed by atoms with Crippen molar-refractivity contribution in [3.63, 3.8) is 0 Å². The summed E-state index contributed by atoms with van der Waals surface area (Å²) in [7, 11) is 0. The van der Waals surface area contributed by atoms with E-state index in [1.165, 1.54) is 0 Å². The molecule has 0 saturated heterocycles. The van der Waals surface area contributed by atoms with Gasteiger partial charge in [0.25, 0.3) is 0 Å². The van der Waals surface area contributed by atoms with Crippen LogP contribution < -0.4 is 14.8 Å². The van der Waals surface area contributed by atoms with Gasteiger partial charge in [-0.1, -0.05) is 32.9 Å². The Balaban J connectivity index is 1.49. The monoisotopic (exact) mass is 392 g/mol. The van der Waals surface area contributed by atoms with E-state index in [-0.39, 0.29) is 18.1 Å². The fourth-order valence-corrected chi connectivity index (χ4v) is 3.05. The molecule has 0 atom stereocenters. The first kappa shape index (κ1) is 19.0. The van der Waals surface area contributed by atoms with E-state index in [2.05, 4.69) is 36.2 Å². The standard InChI is InChI=1S/C22H24N4O3/c1-22(2,3)18-13-20(26(25-18)19-6-4-5-11-23-19)24-21(27)10-8-15-7-9-16-17(12-15)29-14-28-16/h4-7,9,11-13H,8,10,14H2,1-3H3,(H,24,27). The van der Waals surface area contributed by atoms with Gasteiger partial charge in [-0.05, 0) is 36.2 Å². The number of nitrogens with one attached hydrogen (secondary N) is 1.